The molecule has 7 heteroatoms. The number of hydrogen-bond donors (Lipinski definition) is 1. The summed E-state index contributed by atoms with van der Waals surface area (Å²) in [5.74, 6) is -0.0368. The first-order valence-electron chi connectivity index (χ1n) is 6.00. The van der Waals surface area contributed by atoms with E-state index in [1.165, 1.54) is 16.7 Å². The first-order valence-corrected chi connectivity index (χ1v) is 8.15. The highest BCUT2D eigenvalue weighted by Gasteiger charge is 2.16. The number of likely N-dealkylation sites (N-methyl/N-ethyl adjacent to an activating group) is 1. The first-order chi connectivity index (χ1) is 9.49. The summed E-state index contributed by atoms with van der Waals surface area (Å²) in [7, 11) is 0. The molecular formula is C13H16Cl2N2O2S. The average Bonchev–Trinajstić information content (AvgIpc) is 2.40. The zero-order valence-corrected chi connectivity index (χ0v) is 13.6. The lowest BCUT2D eigenvalue weighted by Crippen LogP contribution is -2.38. The molecule has 0 aliphatic rings. The lowest BCUT2D eigenvalue weighted by Gasteiger charge is -2.20. The van der Waals surface area contributed by atoms with Gasteiger partial charge in [-0.15, -0.1) is 0 Å². The number of nitrogens with one attached hydrogen (secondary N) is 1. The second-order valence-electron chi connectivity index (χ2n) is 3.99. The minimum Gasteiger partial charge on any atom is -0.333 e. The molecule has 0 radical (unpaired) electrons. The molecule has 0 aliphatic carbocycles. The van der Waals surface area contributed by atoms with E-state index in [-0.39, 0.29) is 18.4 Å². The monoisotopic (exact) mass is 334 g/mol. The smallest absolute Gasteiger partial charge is 0.244 e. The predicted molar refractivity (Wildman–Crippen MR) is 85.7 cm³/mol. The number of para-hydroxylation sites is 1. The summed E-state index contributed by atoms with van der Waals surface area (Å²) < 4.78 is 0. The second-order valence-corrected chi connectivity index (χ2v) is 5.67. The second kappa shape index (κ2) is 8.39. The Labute approximate surface area is 132 Å². The van der Waals surface area contributed by atoms with E-state index < -0.39 is 0 Å². The maximum Gasteiger partial charge on any atom is 0.244 e. The van der Waals surface area contributed by atoms with E-state index >= 15 is 0 Å². The number of halogens is 2. The number of benzene rings is 1. The lowest BCUT2D eigenvalue weighted by atomic mass is 10.3. The van der Waals surface area contributed by atoms with Gasteiger partial charge < -0.3 is 10.2 Å². The van der Waals surface area contributed by atoms with Crippen LogP contribution in [-0.2, 0) is 9.59 Å². The van der Waals surface area contributed by atoms with Gasteiger partial charge in [0.2, 0.25) is 11.8 Å². The minimum atomic E-state index is -0.323. The molecule has 0 unspecified atom stereocenters. The Morgan fingerprint density at radius 1 is 1.30 bits per heavy atom. The topological polar surface area (TPSA) is 49.4 Å². The van der Waals surface area contributed by atoms with Crippen LogP contribution in [0.1, 0.15) is 6.92 Å². The molecule has 1 rings (SSSR count). The highest BCUT2D eigenvalue weighted by molar-refractivity contribution is 7.99. The van der Waals surface area contributed by atoms with Crippen LogP contribution >= 0.6 is 35.0 Å². The summed E-state index contributed by atoms with van der Waals surface area (Å²) in [6.07, 6.45) is 1.84. The van der Waals surface area contributed by atoms with Crippen molar-refractivity contribution in [2.75, 3.05) is 30.4 Å². The van der Waals surface area contributed by atoms with Gasteiger partial charge in [-0.1, -0.05) is 29.3 Å². The number of hydrogen-bond acceptors (Lipinski definition) is 3. The van der Waals surface area contributed by atoms with Gasteiger partial charge in [-0.3, -0.25) is 9.59 Å². The highest BCUT2D eigenvalue weighted by Crippen LogP contribution is 2.29. The van der Waals surface area contributed by atoms with Gasteiger partial charge in [0, 0.05) is 6.54 Å². The molecule has 0 saturated carbocycles. The van der Waals surface area contributed by atoms with E-state index in [0.717, 1.165) is 0 Å². The van der Waals surface area contributed by atoms with Gasteiger partial charge >= 0.3 is 0 Å². The fourth-order valence-electron chi connectivity index (χ4n) is 1.56. The summed E-state index contributed by atoms with van der Waals surface area (Å²) in [5, 5.41) is 3.37. The zero-order valence-electron chi connectivity index (χ0n) is 11.3. The van der Waals surface area contributed by atoms with Crippen molar-refractivity contribution in [1.82, 2.24) is 4.90 Å². The molecule has 0 saturated heterocycles. The van der Waals surface area contributed by atoms with E-state index in [2.05, 4.69) is 5.32 Å². The maximum atomic E-state index is 12.0. The molecule has 110 valence electrons. The van der Waals surface area contributed by atoms with Crippen LogP contribution in [0.15, 0.2) is 18.2 Å². The maximum absolute atomic E-state index is 12.0. The summed E-state index contributed by atoms with van der Waals surface area (Å²) in [5.41, 5.74) is 0.370. The SMILES string of the molecule is CCN(CC(=O)Nc1c(Cl)cccc1Cl)C(=O)CSC. The summed E-state index contributed by atoms with van der Waals surface area (Å²) >= 11 is 13.4. The lowest BCUT2D eigenvalue weighted by molar-refractivity contribution is -0.132. The Kier molecular flexibility index (Phi) is 7.19. The molecule has 0 spiro atoms. The molecule has 20 heavy (non-hydrogen) atoms. The molecule has 0 aromatic heterocycles. The quantitative estimate of drug-likeness (QED) is 0.869. The van der Waals surface area contributed by atoms with Crippen LogP contribution in [0.3, 0.4) is 0 Å². The van der Waals surface area contributed by atoms with E-state index in [0.29, 0.717) is 28.0 Å². The van der Waals surface area contributed by atoms with Crippen LogP contribution in [0.4, 0.5) is 5.69 Å². The van der Waals surface area contributed by atoms with Crippen molar-refractivity contribution >= 4 is 52.5 Å². The van der Waals surface area contributed by atoms with Crippen LogP contribution in [0, 0.1) is 0 Å². The van der Waals surface area contributed by atoms with Crippen LogP contribution in [0.5, 0.6) is 0 Å². The minimum absolute atomic E-state index is 0.0164. The van der Waals surface area contributed by atoms with Crippen LogP contribution in [0.25, 0.3) is 0 Å². The largest absolute Gasteiger partial charge is 0.333 e. The van der Waals surface area contributed by atoms with Gasteiger partial charge in [-0.2, -0.15) is 11.8 Å². The van der Waals surface area contributed by atoms with Gasteiger partial charge in [0.05, 0.1) is 28.0 Å². The van der Waals surface area contributed by atoms with Gasteiger partial charge in [0.15, 0.2) is 0 Å². The van der Waals surface area contributed by atoms with Crippen molar-refractivity contribution in [1.29, 1.82) is 0 Å². The third kappa shape index (κ3) is 4.89. The third-order valence-corrected chi connectivity index (χ3v) is 3.73. The molecule has 0 fully saturated rings. The van der Waals surface area contributed by atoms with Gasteiger partial charge in [0.1, 0.15) is 0 Å². The molecule has 1 N–H and O–H groups in total. The normalized spacial score (nSPS) is 10.2. The third-order valence-electron chi connectivity index (χ3n) is 2.56. The van der Waals surface area contributed by atoms with Crippen LogP contribution in [0.2, 0.25) is 10.0 Å². The van der Waals surface area contributed by atoms with E-state index in [1.807, 2.05) is 13.2 Å². The highest BCUT2D eigenvalue weighted by atomic mass is 35.5. The molecule has 0 heterocycles. The molecule has 1 aromatic carbocycles. The van der Waals surface area contributed by atoms with Crippen LogP contribution < -0.4 is 5.32 Å². The van der Waals surface area contributed by atoms with E-state index in [1.54, 1.807) is 18.2 Å². The van der Waals surface area contributed by atoms with Crippen molar-refractivity contribution in [3.63, 3.8) is 0 Å². The van der Waals surface area contributed by atoms with Crippen LogP contribution in [-0.4, -0.2) is 41.8 Å². The van der Waals surface area contributed by atoms with Crippen molar-refractivity contribution in [2.24, 2.45) is 0 Å². The molecule has 0 bridgehead atoms. The summed E-state index contributed by atoms with van der Waals surface area (Å²) in [4.78, 5) is 25.2. The molecular weight excluding hydrogens is 319 g/mol. The van der Waals surface area contributed by atoms with E-state index in [4.69, 9.17) is 23.2 Å². The standard InChI is InChI=1S/C13H16Cl2N2O2S/c1-3-17(12(19)8-20-2)7-11(18)16-13-9(14)5-4-6-10(13)15/h4-6H,3,7-8H2,1-2H3,(H,16,18). The number of anilines is 1. The van der Waals surface area contributed by atoms with Crippen molar-refractivity contribution in [3.8, 4) is 0 Å². The van der Waals surface area contributed by atoms with Crippen molar-refractivity contribution in [3.05, 3.63) is 28.2 Å². The Hall–Kier alpha value is -0.910. The molecule has 0 atom stereocenters. The fraction of sp³-hybridized carbons (Fsp3) is 0.385. The Bertz CT molecular complexity index is 477. The van der Waals surface area contributed by atoms with E-state index in [9.17, 15) is 9.59 Å². The first kappa shape index (κ1) is 17.1. The molecule has 4 nitrogen and oxygen atoms in total. The fourth-order valence-corrected chi connectivity index (χ4v) is 2.48. The van der Waals surface area contributed by atoms with Gasteiger partial charge in [-0.25, -0.2) is 0 Å². The number of nitrogens with zero attached hydrogens (tertiary/aromatic N) is 1. The number of thioether (sulfide) groups is 1. The summed E-state index contributed by atoms with van der Waals surface area (Å²) in [6, 6.07) is 4.97. The number of carbonyl (C=O) groups is 2. The summed E-state index contributed by atoms with van der Waals surface area (Å²) in [6.45, 7) is 2.29. The Balaban J connectivity index is 2.69. The van der Waals surface area contributed by atoms with Gasteiger partial charge in [0.25, 0.3) is 0 Å². The molecule has 1 aromatic rings. The molecule has 0 aliphatic heterocycles. The zero-order chi connectivity index (χ0) is 15.1. The number of amides is 2. The van der Waals surface area contributed by atoms with Gasteiger partial charge in [-0.05, 0) is 25.3 Å². The number of rotatable bonds is 6. The Morgan fingerprint density at radius 3 is 2.40 bits per heavy atom. The predicted octanol–water partition coefficient (Wildman–Crippen LogP) is 3.14. The number of carbonyl (C=O) groups excluding carboxylic acids is 2. The van der Waals surface area contributed by atoms with Crippen molar-refractivity contribution in [2.45, 2.75) is 6.92 Å². The Morgan fingerprint density at radius 2 is 1.90 bits per heavy atom. The molecule has 2 amide bonds. The average molecular weight is 335 g/mol. The van der Waals surface area contributed by atoms with Crippen molar-refractivity contribution < 1.29 is 9.59 Å².